The molecule has 4 heterocycles. The van der Waals surface area contributed by atoms with Crippen molar-refractivity contribution >= 4 is 65.7 Å². The van der Waals surface area contributed by atoms with E-state index in [4.69, 9.17) is 23.8 Å². The normalized spacial score (nSPS) is 11.9. The first-order valence-corrected chi connectivity index (χ1v) is 16.9. The third-order valence-electron chi connectivity index (χ3n) is 9.89. The molecule has 0 atom stereocenters. The molecule has 0 bridgehead atoms. The molecule has 6 nitrogen and oxygen atoms in total. The molecule has 0 aliphatic heterocycles. The summed E-state index contributed by atoms with van der Waals surface area (Å²) in [6.07, 6.45) is 0. The summed E-state index contributed by atoms with van der Waals surface area (Å²) in [5.74, 6) is 1.72. The average Bonchev–Trinajstić information content (AvgIpc) is 3.87. The van der Waals surface area contributed by atoms with Crippen molar-refractivity contribution in [2.24, 2.45) is 0 Å². The van der Waals surface area contributed by atoms with Gasteiger partial charge in [-0.05, 0) is 42.0 Å². The number of benzene rings is 7. The number of aromatic nitrogens is 4. The fourth-order valence-corrected chi connectivity index (χ4v) is 7.59. The van der Waals surface area contributed by atoms with Gasteiger partial charge in [0.25, 0.3) is 0 Å². The second kappa shape index (κ2) is 10.7. The van der Waals surface area contributed by atoms with Gasteiger partial charge in [0.15, 0.2) is 11.6 Å². The predicted octanol–water partition coefficient (Wildman–Crippen LogP) is 11.8. The molecule has 4 aromatic heterocycles. The smallest absolute Gasteiger partial charge is 0.238 e. The Hall–Kier alpha value is -7.05. The molecule has 0 spiro atoms. The molecule has 11 aromatic rings. The van der Waals surface area contributed by atoms with Crippen LogP contribution < -0.4 is 0 Å². The van der Waals surface area contributed by atoms with E-state index in [0.717, 1.165) is 87.9 Å². The van der Waals surface area contributed by atoms with Crippen LogP contribution in [0.5, 0.6) is 0 Å². The van der Waals surface area contributed by atoms with Crippen LogP contribution in [-0.2, 0) is 0 Å². The highest BCUT2D eigenvalue weighted by Crippen LogP contribution is 2.40. The highest BCUT2D eigenvalue weighted by molar-refractivity contribution is 6.14. The Balaban J connectivity index is 1.17. The summed E-state index contributed by atoms with van der Waals surface area (Å²) in [4.78, 5) is 15.5. The maximum atomic E-state index is 6.44. The Kier molecular flexibility index (Phi) is 5.86. The molecular formula is C45H26N4O2. The standard InChI is InChI=1S/C45H26N4O2/c1-2-12-27(13-3-1)43-46-44(34-19-11-23-40-41(34)33-16-6-9-22-39(33)50-40)48-45(47-43)49-36-20-7-4-14-30(36)35-26-28(24-25-37(35)49)29-17-10-18-32-31-15-5-8-21-38(31)51-42(29)32/h1-26H. The third kappa shape index (κ3) is 4.20. The van der Waals surface area contributed by atoms with Crippen LogP contribution in [-0.4, -0.2) is 19.5 Å². The zero-order chi connectivity index (χ0) is 33.5. The minimum Gasteiger partial charge on any atom is -0.456 e. The second-order valence-corrected chi connectivity index (χ2v) is 12.8. The van der Waals surface area contributed by atoms with Gasteiger partial charge in [-0.2, -0.15) is 9.97 Å². The summed E-state index contributed by atoms with van der Waals surface area (Å²) < 4.78 is 14.8. The molecule has 238 valence electrons. The van der Waals surface area contributed by atoms with Crippen LogP contribution in [0.3, 0.4) is 0 Å². The Bertz CT molecular complexity index is 3150. The summed E-state index contributed by atoms with van der Waals surface area (Å²) >= 11 is 0. The summed E-state index contributed by atoms with van der Waals surface area (Å²) in [6.45, 7) is 0. The van der Waals surface area contributed by atoms with E-state index in [9.17, 15) is 0 Å². The Morgan fingerprint density at radius 3 is 1.92 bits per heavy atom. The maximum absolute atomic E-state index is 6.44. The zero-order valence-corrected chi connectivity index (χ0v) is 27.1. The first kappa shape index (κ1) is 27.9. The van der Waals surface area contributed by atoms with Crippen molar-refractivity contribution in [2.45, 2.75) is 0 Å². The first-order chi connectivity index (χ1) is 25.3. The second-order valence-electron chi connectivity index (χ2n) is 12.8. The number of hydrogen-bond acceptors (Lipinski definition) is 5. The third-order valence-corrected chi connectivity index (χ3v) is 9.89. The van der Waals surface area contributed by atoms with E-state index in [1.807, 2.05) is 72.8 Å². The van der Waals surface area contributed by atoms with Gasteiger partial charge in [-0.1, -0.05) is 121 Å². The summed E-state index contributed by atoms with van der Waals surface area (Å²) in [6, 6.07) is 53.8. The molecule has 11 rings (SSSR count). The number of para-hydroxylation sites is 4. The zero-order valence-electron chi connectivity index (χ0n) is 27.1. The highest BCUT2D eigenvalue weighted by atomic mass is 16.3. The molecule has 51 heavy (non-hydrogen) atoms. The number of nitrogens with zero attached hydrogens (tertiary/aromatic N) is 4. The van der Waals surface area contributed by atoms with Gasteiger partial charge < -0.3 is 8.83 Å². The lowest BCUT2D eigenvalue weighted by Crippen LogP contribution is -2.06. The molecule has 0 N–H and O–H groups in total. The molecule has 0 aliphatic carbocycles. The van der Waals surface area contributed by atoms with Gasteiger partial charge in [-0.15, -0.1) is 0 Å². The van der Waals surface area contributed by atoms with Crippen LogP contribution in [0.4, 0.5) is 0 Å². The molecule has 0 unspecified atom stereocenters. The van der Waals surface area contributed by atoms with Crippen LogP contribution in [0.1, 0.15) is 0 Å². The maximum Gasteiger partial charge on any atom is 0.238 e. The Morgan fingerprint density at radius 2 is 1.04 bits per heavy atom. The van der Waals surface area contributed by atoms with Crippen molar-refractivity contribution in [1.82, 2.24) is 19.5 Å². The van der Waals surface area contributed by atoms with Crippen molar-refractivity contribution in [3.05, 3.63) is 158 Å². The highest BCUT2D eigenvalue weighted by Gasteiger charge is 2.21. The first-order valence-electron chi connectivity index (χ1n) is 16.9. The van der Waals surface area contributed by atoms with Crippen molar-refractivity contribution in [3.63, 3.8) is 0 Å². The Labute approximate surface area is 290 Å². The van der Waals surface area contributed by atoms with Crippen molar-refractivity contribution in [1.29, 1.82) is 0 Å². The number of rotatable bonds is 4. The van der Waals surface area contributed by atoms with E-state index in [0.29, 0.717) is 17.6 Å². The fraction of sp³-hybridized carbons (Fsp3) is 0. The van der Waals surface area contributed by atoms with Crippen LogP contribution in [0.15, 0.2) is 167 Å². The van der Waals surface area contributed by atoms with Gasteiger partial charge in [-0.3, -0.25) is 4.57 Å². The van der Waals surface area contributed by atoms with Crippen LogP contribution in [0.2, 0.25) is 0 Å². The topological polar surface area (TPSA) is 69.9 Å². The Morgan fingerprint density at radius 1 is 0.392 bits per heavy atom. The summed E-state index contributed by atoms with van der Waals surface area (Å²) in [7, 11) is 0. The molecule has 0 saturated heterocycles. The van der Waals surface area contributed by atoms with Gasteiger partial charge in [0.05, 0.1) is 11.0 Å². The van der Waals surface area contributed by atoms with Gasteiger partial charge >= 0.3 is 0 Å². The van der Waals surface area contributed by atoms with E-state index in [1.165, 1.54) is 0 Å². The van der Waals surface area contributed by atoms with Gasteiger partial charge in [0.2, 0.25) is 5.95 Å². The van der Waals surface area contributed by atoms with Crippen LogP contribution >= 0.6 is 0 Å². The quantitative estimate of drug-likeness (QED) is 0.189. The van der Waals surface area contributed by atoms with Crippen LogP contribution in [0.25, 0.3) is 106 Å². The molecule has 6 heteroatoms. The average molecular weight is 655 g/mol. The van der Waals surface area contributed by atoms with Gasteiger partial charge in [0.1, 0.15) is 22.3 Å². The van der Waals surface area contributed by atoms with Crippen molar-refractivity contribution < 1.29 is 8.83 Å². The predicted molar refractivity (Wildman–Crippen MR) is 205 cm³/mol. The number of furan rings is 2. The van der Waals surface area contributed by atoms with E-state index in [-0.39, 0.29) is 0 Å². The molecule has 0 saturated carbocycles. The van der Waals surface area contributed by atoms with E-state index < -0.39 is 0 Å². The number of fused-ring (bicyclic) bond motifs is 9. The molecule has 0 fully saturated rings. The molecule has 0 aliphatic rings. The van der Waals surface area contributed by atoms with E-state index in [2.05, 4.69) is 89.5 Å². The largest absolute Gasteiger partial charge is 0.456 e. The van der Waals surface area contributed by atoms with Gasteiger partial charge in [-0.25, -0.2) is 4.98 Å². The van der Waals surface area contributed by atoms with Crippen molar-refractivity contribution in [3.8, 4) is 39.9 Å². The van der Waals surface area contributed by atoms with E-state index >= 15 is 0 Å². The lowest BCUT2D eigenvalue weighted by atomic mass is 10.0. The molecule has 0 radical (unpaired) electrons. The monoisotopic (exact) mass is 654 g/mol. The fourth-order valence-electron chi connectivity index (χ4n) is 7.59. The number of hydrogen-bond donors (Lipinski definition) is 0. The molecule has 0 amide bonds. The van der Waals surface area contributed by atoms with Crippen LogP contribution in [0, 0.1) is 0 Å². The summed E-state index contributed by atoms with van der Waals surface area (Å²) in [5.41, 5.74) is 9.33. The molecule has 7 aromatic carbocycles. The van der Waals surface area contributed by atoms with Crippen molar-refractivity contribution in [2.75, 3.05) is 0 Å². The molecular weight excluding hydrogens is 629 g/mol. The van der Waals surface area contributed by atoms with E-state index in [1.54, 1.807) is 0 Å². The lowest BCUT2D eigenvalue weighted by Gasteiger charge is -2.11. The SMILES string of the molecule is c1ccc(-c2nc(-c3cccc4oc5ccccc5c34)nc(-n3c4ccccc4c4cc(-c5cccc6c5oc5ccccc56)ccc43)n2)cc1. The lowest BCUT2D eigenvalue weighted by molar-refractivity contribution is 0.669. The minimum absolute atomic E-state index is 0.544. The summed E-state index contributed by atoms with van der Waals surface area (Å²) in [5, 5.41) is 6.44. The van der Waals surface area contributed by atoms with Gasteiger partial charge in [0, 0.05) is 49.0 Å². The minimum atomic E-state index is 0.544.